The Kier molecular flexibility index (Phi) is 2.88. The Labute approximate surface area is 110 Å². The van der Waals surface area contributed by atoms with E-state index in [4.69, 9.17) is 4.42 Å². The number of rotatable bonds is 3. The SMILES string of the molecule is CC(C(=O)c1coc2ccccc12)c1ccccn1. The molecule has 0 aliphatic rings. The molecule has 3 rings (SSSR count). The average molecular weight is 251 g/mol. The van der Waals surface area contributed by atoms with Gasteiger partial charge in [-0.25, -0.2) is 0 Å². The lowest BCUT2D eigenvalue weighted by molar-refractivity contribution is 0.0965. The summed E-state index contributed by atoms with van der Waals surface area (Å²) in [7, 11) is 0. The molecule has 0 fully saturated rings. The number of Topliss-reactive ketones (excluding diaryl/α,β-unsaturated/α-hetero) is 1. The van der Waals surface area contributed by atoms with Gasteiger partial charge in [-0.15, -0.1) is 0 Å². The van der Waals surface area contributed by atoms with Crippen molar-refractivity contribution >= 4 is 16.8 Å². The maximum absolute atomic E-state index is 12.5. The van der Waals surface area contributed by atoms with Crippen LogP contribution in [0, 0.1) is 0 Å². The highest BCUT2D eigenvalue weighted by Gasteiger charge is 2.21. The van der Waals surface area contributed by atoms with Gasteiger partial charge in [0.05, 0.1) is 17.2 Å². The summed E-state index contributed by atoms with van der Waals surface area (Å²) in [6, 6.07) is 13.1. The Morgan fingerprint density at radius 3 is 2.74 bits per heavy atom. The fourth-order valence-electron chi connectivity index (χ4n) is 2.17. The van der Waals surface area contributed by atoms with E-state index in [1.165, 1.54) is 6.26 Å². The second kappa shape index (κ2) is 4.69. The van der Waals surface area contributed by atoms with E-state index < -0.39 is 0 Å². The molecule has 0 saturated heterocycles. The Morgan fingerprint density at radius 1 is 1.16 bits per heavy atom. The molecule has 1 aromatic carbocycles. The first-order chi connectivity index (χ1) is 9.27. The summed E-state index contributed by atoms with van der Waals surface area (Å²) in [6.45, 7) is 1.87. The van der Waals surface area contributed by atoms with Crippen molar-refractivity contribution in [1.82, 2.24) is 4.98 Å². The predicted molar refractivity (Wildman–Crippen MR) is 73.2 cm³/mol. The lowest BCUT2D eigenvalue weighted by Crippen LogP contribution is -2.10. The van der Waals surface area contributed by atoms with Gasteiger partial charge in [-0.2, -0.15) is 0 Å². The van der Waals surface area contributed by atoms with Crippen LogP contribution in [0.5, 0.6) is 0 Å². The minimum Gasteiger partial charge on any atom is -0.464 e. The Balaban J connectivity index is 2.00. The second-order valence-corrected chi connectivity index (χ2v) is 4.49. The summed E-state index contributed by atoms with van der Waals surface area (Å²) in [5.74, 6) is -0.245. The molecule has 0 amide bonds. The topological polar surface area (TPSA) is 43.1 Å². The minimum absolute atomic E-state index is 0.0312. The quantitative estimate of drug-likeness (QED) is 0.665. The normalized spacial score (nSPS) is 12.5. The van der Waals surface area contributed by atoms with Crippen molar-refractivity contribution in [3.63, 3.8) is 0 Å². The summed E-state index contributed by atoms with van der Waals surface area (Å²) in [5, 5.41) is 0.857. The summed E-state index contributed by atoms with van der Waals surface area (Å²) in [5.41, 5.74) is 2.13. The third-order valence-corrected chi connectivity index (χ3v) is 3.27. The molecule has 0 radical (unpaired) electrons. The number of pyridine rings is 1. The van der Waals surface area contributed by atoms with Crippen molar-refractivity contribution in [3.8, 4) is 0 Å². The fraction of sp³-hybridized carbons (Fsp3) is 0.125. The molecule has 0 bridgehead atoms. The van der Waals surface area contributed by atoms with Crippen LogP contribution in [0.1, 0.15) is 28.9 Å². The maximum atomic E-state index is 12.5. The summed E-state index contributed by atoms with van der Waals surface area (Å²) in [4.78, 5) is 16.8. The van der Waals surface area contributed by atoms with Gasteiger partial charge in [-0.1, -0.05) is 24.3 Å². The van der Waals surface area contributed by atoms with Crippen LogP contribution in [0.15, 0.2) is 59.3 Å². The summed E-state index contributed by atoms with van der Waals surface area (Å²) in [6.07, 6.45) is 3.24. The molecule has 1 atom stereocenters. The molecule has 0 saturated carbocycles. The number of carbonyl (C=O) groups excluding carboxylic acids is 1. The Bertz CT molecular complexity index is 716. The summed E-state index contributed by atoms with van der Waals surface area (Å²) < 4.78 is 5.41. The van der Waals surface area contributed by atoms with Crippen LogP contribution in [-0.2, 0) is 0 Å². The van der Waals surface area contributed by atoms with Gasteiger partial charge in [-0.05, 0) is 25.1 Å². The van der Waals surface area contributed by atoms with Gasteiger partial charge < -0.3 is 4.42 Å². The zero-order chi connectivity index (χ0) is 13.2. The van der Waals surface area contributed by atoms with Crippen LogP contribution in [0.3, 0.4) is 0 Å². The first-order valence-corrected chi connectivity index (χ1v) is 6.19. The minimum atomic E-state index is -0.276. The van der Waals surface area contributed by atoms with Crippen molar-refractivity contribution in [2.75, 3.05) is 0 Å². The summed E-state index contributed by atoms with van der Waals surface area (Å²) >= 11 is 0. The van der Waals surface area contributed by atoms with Crippen molar-refractivity contribution in [2.45, 2.75) is 12.8 Å². The third-order valence-electron chi connectivity index (χ3n) is 3.27. The van der Waals surface area contributed by atoms with Gasteiger partial charge in [0.2, 0.25) is 0 Å². The van der Waals surface area contributed by atoms with Gasteiger partial charge in [0.1, 0.15) is 11.8 Å². The second-order valence-electron chi connectivity index (χ2n) is 4.49. The van der Waals surface area contributed by atoms with Crippen molar-refractivity contribution in [3.05, 3.63) is 66.2 Å². The molecule has 94 valence electrons. The first kappa shape index (κ1) is 11.7. The molecule has 3 heteroatoms. The van der Waals surface area contributed by atoms with E-state index in [-0.39, 0.29) is 11.7 Å². The van der Waals surface area contributed by atoms with Crippen LogP contribution in [0.4, 0.5) is 0 Å². The number of hydrogen-bond donors (Lipinski definition) is 0. The standard InChI is InChI=1S/C16H13NO2/c1-11(14-7-4-5-9-17-14)16(18)13-10-19-15-8-3-2-6-12(13)15/h2-11H,1H3. The molecular weight excluding hydrogens is 238 g/mol. The molecule has 0 N–H and O–H groups in total. The number of carbonyl (C=O) groups is 1. The van der Waals surface area contributed by atoms with Gasteiger partial charge in [0, 0.05) is 11.6 Å². The molecule has 3 nitrogen and oxygen atoms in total. The van der Waals surface area contributed by atoms with E-state index in [2.05, 4.69) is 4.98 Å². The van der Waals surface area contributed by atoms with E-state index in [0.717, 1.165) is 16.7 Å². The number of nitrogens with zero attached hydrogens (tertiary/aromatic N) is 1. The van der Waals surface area contributed by atoms with E-state index >= 15 is 0 Å². The van der Waals surface area contributed by atoms with Gasteiger partial charge in [0.15, 0.2) is 5.78 Å². The number of benzene rings is 1. The molecule has 1 unspecified atom stereocenters. The molecule has 0 aliphatic heterocycles. The number of fused-ring (bicyclic) bond motifs is 1. The molecule has 19 heavy (non-hydrogen) atoms. The molecule has 2 aromatic heterocycles. The van der Waals surface area contributed by atoms with Crippen molar-refractivity contribution in [2.24, 2.45) is 0 Å². The van der Waals surface area contributed by atoms with Gasteiger partial charge in [0.25, 0.3) is 0 Å². The lowest BCUT2D eigenvalue weighted by atomic mass is 9.95. The molecular formula is C16H13NO2. The van der Waals surface area contributed by atoms with Crippen LogP contribution >= 0.6 is 0 Å². The predicted octanol–water partition coefficient (Wildman–Crippen LogP) is 3.81. The smallest absolute Gasteiger partial charge is 0.175 e. The van der Waals surface area contributed by atoms with E-state index in [0.29, 0.717) is 5.56 Å². The zero-order valence-corrected chi connectivity index (χ0v) is 10.5. The average Bonchev–Trinajstić information content (AvgIpc) is 2.90. The van der Waals surface area contributed by atoms with Crippen LogP contribution < -0.4 is 0 Å². The number of para-hydroxylation sites is 1. The first-order valence-electron chi connectivity index (χ1n) is 6.19. The zero-order valence-electron chi connectivity index (χ0n) is 10.5. The van der Waals surface area contributed by atoms with Crippen LogP contribution in [-0.4, -0.2) is 10.8 Å². The van der Waals surface area contributed by atoms with Gasteiger partial charge >= 0.3 is 0 Å². The molecule has 0 aliphatic carbocycles. The Morgan fingerprint density at radius 2 is 1.95 bits per heavy atom. The maximum Gasteiger partial charge on any atom is 0.175 e. The molecule has 2 heterocycles. The lowest BCUT2D eigenvalue weighted by Gasteiger charge is -2.08. The number of hydrogen-bond acceptors (Lipinski definition) is 3. The van der Waals surface area contributed by atoms with E-state index in [1.807, 2.05) is 49.4 Å². The molecule has 0 spiro atoms. The monoisotopic (exact) mass is 251 g/mol. The van der Waals surface area contributed by atoms with Crippen LogP contribution in [0.2, 0.25) is 0 Å². The number of furan rings is 1. The fourth-order valence-corrected chi connectivity index (χ4v) is 2.17. The largest absolute Gasteiger partial charge is 0.464 e. The van der Waals surface area contributed by atoms with Crippen molar-refractivity contribution in [1.29, 1.82) is 0 Å². The third kappa shape index (κ3) is 2.03. The highest BCUT2D eigenvalue weighted by atomic mass is 16.3. The van der Waals surface area contributed by atoms with E-state index in [1.54, 1.807) is 6.20 Å². The van der Waals surface area contributed by atoms with Crippen LogP contribution in [0.25, 0.3) is 11.0 Å². The van der Waals surface area contributed by atoms with E-state index in [9.17, 15) is 4.79 Å². The van der Waals surface area contributed by atoms with Crippen molar-refractivity contribution < 1.29 is 9.21 Å². The number of aromatic nitrogens is 1. The molecule has 3 aromatic rings. The highest BCUT2D eigenvalue weighted by Crippen LogP contribution is 2.26. The van der Waals surface area contributed by atoms with Gasteiger partial charge in [-0.3, -0.25) is 9.78 Å². The Hall–Kier alpha value is -2.42. The number of ketones is 1. The highest BCUT2D eigenvalue weighted by molar-refractivity contribution is 6.09.